The van der Waals surface area contributed by atoms with Crippen LogP contribution in [0, 0.1) is 18.1 Å². The summed E-state index contributed by atoms with van der Waals surface area (Å²) in [6.45, 7) is 6.30. The predicted octanol–water partition coefficient (Wildman–Crippen LogP) is 5.29. The maximum atomic E-state index is 11.8. The Bertz CT molecular complexity index is 1210. The van der Waals surface area contributed by atoms with E-state index < -0.39 is 0 Å². The largest absolute Gasteiger partial charge is 0.351 e. The van der Waals surface area contributed by atoms with Crippen LogP contribution in [0.3, 0.4) is 0 Å². The Balaban J connectivity index is 1.13. The van der Waals surface area contributed by atoms with Crippen LogP contribution in [0.5, 0.6) is 0 Å². The van der Waals surface area contributed by atoms with Gasteiger partial charge >= 0.3 is 0 Å². The molecule has 6 nitrogen and oxygen atoms in total. The molecule has 3 aromatic rings. The molecule has 1 aliphatic heterocycles. The number of hydrogen-bond acceptors (Lipinski definition) is 5. The number of benzene rings is 1. The van der Waals surface area contributed by atoms with Gasteiger partial charge in [0.1, 0.15) is 0 Å². The van der Waals surface area contributed by atoms with E-state index in [0.29, 0.717) is 34.7 Å². The number of likely N-dealkylation sites (tertiary alicyclic amines) is 1. The molecule has 1 aromatic heterocycles. The fourth-order valence-corrected chi connectivity index (χ4v) is 5.55. The van der Waals surface area contributed by atoms with E-state index in [0.717, 1.165) is 74.5 Å². The number of carbonyl (C=O) groups is 1. The highest BCUT2D eigenvalue weighted by Crippen LogP contribution is 2.32. The predicted molar refractivity (Wildman–Crippen MR) is 145 cm³/mol. The van der Waals surface area contributed by atoms with Gasteiger partial charge in [-0.05, 0) is 69.2 Å². The molecular formula is C29H32ClN5O. The van der Waals surface area contributed by atoms with Crippen LogP contribution in [0.4, 0.5) is 5.95 Å². The van der Waals surface area contributed by atoms with E-state index in [9.17, 15) is 4.79 Å². The molecule has 186 valence electrons. The molecule has 0 unspecified atom stereocenters. The van der Waals surface area contributed by atoms with Crippen molar-refractivity contribution in [3.8, 4) is 11.3 Å². The molecular weight excluding hydrogens is 470 g/mol. The molecule has 7 heteroatoms. The molecule has 0 radical (unpaired) electrons. The standard InChI is InChI=1S/C29H32ClN5O/c1-2-27(36)35-16-14-20(15-17-35)18-31-22-10-12-23(13-11-22)33-29-32-19-26(30)28(34-29)25-9-5-7-21-6-3-4-8-24(21)25/h2-4,6,8-9,19-20,22-23,31H,1,10-18H2,(H,32,33,34). The molecule has 1 saturated heterocycles. The summed E-state index contributed by atoms with van der Waals surface area (Å²) in [5, 5.41) is 9.88. The van der Waals surface area contributed by atoms with Crippen molar-refractivity contribution < 1.29 is 4.79 Å². The smallest absolute Gasteiger partial charge is 0.245 e. The zero-order chi connectivity index (χ0) is 24.9. The lowest BCUT2D eigenvalue weighted by Gasteiger charge is -2.34. The Labute approximate surface area is 218 Å². The fraction of sp³-hybridized carbons (Fsp3) is 0.414. The van der Waals surface area contributed by atoms with Crippen molar-refractivity contribution in [2.24, 2.45) is 5.92 Å². The molecule has 5 rings (SSSR count). The number of piperidine rings is 1. The van der Waals surface area contributed by atoms with Crippen LogP contribution in [0.15, 0.2) is 49.2 Å². The first-order valence-corrected chi connectivity index (χ1v) is 13.2. The van der Waals surface area contributed by atoms with E-state index >= 15 is 0 Å². The number of rotatable bonds is 7. The Kier molecular flexibility index (Phi) is 7.69. The number of nitrogens with one attached hydrogen (secondary N) is 2. The SMILES string of the molecule is C=CC(=O)N1CCC(CNC2CCC(Nc3ncc(Cl)c(-c4cc#cc5ccccc45)n3)CC2)CC1. The molecule has 36 heavy (non-hydrogen) atoms. The van der Waals surface area contributed by atoms with Crippen molar-refractivity contribution in [3.63, 3.8) is 0 Å². The Morgan fingerprint density at radius 3 is 2.67 bits per heavy atom. The van der Waals surface area contributed by atoms with Crippen molar-refractivity contribution in [2.45, 2.75) is 50.6 Å². The summed E-state index contributed by atoms with van der Waals surface area (Å²) in [7, 11) is 0. The van der Waals surface area contributed by atoms with Crippen LogP contribution in [-0.4, -0.2) is 52.5 Å². The van der Waals surface area contributed by atoms with Gasteiger partial charge in [0.05, 0.1) is 16.9 Å². The third kappa shape index (κ3) is 5.64. The number of halogens is 1. The first-order chi connectivity index (χ1) is 17.6. The number of fused-ring (bicyclic) bond motifs is 1. The summed E-state index contributed by atoms with van der Waals surface area (Å²) >= 11 is 6.51. The maximum Gasteiger partial charge on any atom is 0.245 e. The molecule has 2 aromatic carbocycles. The number of anilines is 1. The lowest BCUT2D eigenvalue weighted by molar-refractivity contribution is -0.127. The summed E-state index contributed by atoms with van der Waals surface area (Å²) in [6, 6.07) is 17.1. The van der Waals surface area contributed by atoms with Gasteiger partial charge in [0.2, 0.25) is 11.9 Å². The summed E-state index contributed by atoms with van der Waals surface area (Å²) in [5.74, 6) is 1.31. The first-order valence-electron chi connectivity index (χ1n) is 12.9. The normalized spacial score (nSPS) is 20.6. The second-order valence-electron chi connectivity index (χ2n) is 9.84. The average Bonchev–Trinajstić information content (AvgIpc) is 2.93. The average molecular weight is 502 g/mol. The number of nitrogens with zero attached hydrogens (tertiary/aromatic N) is 3. The molecule has 0 atom stereocenters. The van der Waals surface area contributed by atoms with E-state index in [1.54, 1.807) is 6.20 Å². The zero-order valence-corrected chi connectivity index (χ0v) is 21.2. The maximum absolute atomic E-state index is 11.8. The number of aromatic nitrogens is 2. The van der Waals surface area contributed by atoms with E-state index in [-0.39, 0.29) is 5.91 Å². The van der Waals surface area contributed by atoms with Gasteiger partial charge < -0.3 is 15.5 Å². The number of amides is 1. The van der Waals surface area contributed by atoms with E-state index in [4.69, 9.17) is 16.6 Å². The van der Waals surface area contributed by atoms with Gasteiger partial charge in [0.15, 0.2) is 0 Å². The molecule has 2 heterocycles. The van der Waals surface area contributed by atoms with E-state index in [2.05, 4.69) is 40.4 Å². The monoisotopic (exact) mass is 501 g/mol. The van der Waals surface area contributed by atoms with Gasteiger partial charge in [-0.1, -0.05) is 48.5 Å². The molecule has 2 fully saturated rings. The second kappa shape index (κ2) is 11.3. The topological polar surface area (TPSA) is 70.2 Å². The van der Waals surface area contributed by atoms with Crippen molar-refractivity contribution >= 4 is 34.2 Å². The van der Waals surface area contributed by atoms with Crippen molar-refractivity contribution in [1.29, 1.82) is 0 Å². The Hall–Kier alpha value is -3.14. The highest BCUT2D eigenvalue weighted by atomic mass is 35.5. The van der Waals surface area contributed by atoms with Crippen LogP contribution in [0.2, 0.25) is 5.02 Å². The third-order valence-electron chi connectivity index (χ3n) is 7.50. The number of hydrogen-bond donors (Lipinski definition) is 2. The highest BCUT2D eigenvalue weighted by Gasteiger charge is 2.25. The Morgan fingerprint density at radius 1 is 1.14 bits per heavy atom. The molecule has 0 bridgehead atoms. The Morgan fingerprint density at radius 2 is 1.89 bits per heavy atom. The van der Waals surface area contributed by atoms with Gasteiger partial charge in [-0.15, -0.1) is 0 Å². The van der Waals surface area contributed by atoms with Gasteiger partial charge in [0, 0.05) is 41.5 Å². The van der Waals surface area contributed by atoms with Crippen LogP contribution in [-0.2, 0) is 4.79 Å². The summed E-state index contributed by atoms with van der Waals surface area (Å²) in [6.07, 6.45) is 9.61. The van der Waals surface area contributed by atoms with Crippen molar-refractivity contribution in [1.82, 2.24) is 20.2 Å². The van der Waals surface area contributed by atoms with E-state index in [1.165, 1.54) is 6.08 Å². The summed E-state index contributed by atoms with van der Waals surface area (Å²) < 4.78 is 0. The molecule has 1 saturated carbocycles. The van der Waals surface area contributed by atoms with Gasteiger partial charge in [-0.2, -0.15) is 0 Å². The molecule has 0 spiro atoms. The molecule has 1 aliphatic carbocycles. The second-order valence-corrected chi connectivity index (χ2v) is 10.2. The van der Waals surface area contributed by atoms with Crippen LogP contribution in [0.25, 0.3) is 22.0 Å². The van der Waals surface area contributed by atoms with Crippen LogP contribution < -0.4 is 10.6 Å². The summed E-state index contributed by atoms with van der Waals surface area (Å²) in [5.41, 5.74) is 1.65. The minimum absolute atomic E-state index is 0.0537. The fourth-order valence-electron chi connectivity index (χ4n) is 5.36. The molecule has 2 N–H and O–H groups in total. The number of carbonyl (C=O) groups excluding carboxylic acids is 1. The third-order valence-corrected chi connectivity index (χ3v) is 7.77. The molecule has 2 aliphatic rings. The highest BCUT2D eigenvalue weighted by molar-refractivity contribution is 6.33. The lowest BCUT2D eigenvalue weighted by Crippen LogP contribution is -2.43. The van der Waals surface area contributed by atoms with Gasteiger partial charge in [-0.25, -0.2) is 9.97 Å². The zero-order valence-electron chi connectivity index (χ0n) is 20.5. The molecule has 1 amide bonds. The van der Waals surface area contributed by atoms with E-state index in [1.807, 2.05) is 29.2 Å². The van der Waals surface area contributed by atoms with Crippen LogP contribution in [0.1, 0.15) is 38.5 Å². The lowest BCUT2D eigenvalue weighted by atomic mass is 9.90. The van der Waals surface area contributed by atoms with Gasteiger partial charge in [-0.3, -0.25) is 4.79 Å². The van der Waals surface area contributed by atoms with Gasteiger partial charge in [0.25, 0.3) is 0 Å². The van der Waals surface area contributed by atoms with Crippen LogP contribution >= 0.6 is 11.6 Å². The van der Waals surface area contributed by atoms with Crippen molar-refractivity contribution in [3.05, 3.63) is 66.3 Å². The minimum atomic E-state index is 0.0537. The quantitative estimate of drug-likeness (QED) is 0.430. The van der Waals surface area contributed by atoms with Crippen molar-refractivity contribution in [2.75, 3.05) is 25.0 Å². The first kappa shape index (κ1) is 24.5. The summed E-state index contributed by atoms with van der Waals surface area (Å²) in [4.78, 5) is 22.9. The minimum Gasteiger partial charge on any atom is -0.351 e.